The van der Waals surface area contributed by atoms with Crippen LogP contribution in [-0.4, -0.2) is 26.7 Å². The maximum absolute atomic E-state index is 5.35. The highest BCUT2D eigenvalue weighted by Crippen LogP contribution is 2.30. The van der Waals surface area contributed by atoms with Crippen molar-refractivity contribution in [1.82, 2.24) is 0 Å². The van der Waals surface area contributed by atoms with E-state index in [1.165, 1.54) is 0 Å². The SMILES string of the molecule is COc1ccc(C#Cc2cc(OC)c(OC)cc2C#CCBr)cc1. The Balaban J connectivity index is 2.45. The molecule has 0 aliphatic heterocycles. The van der Waals surface area contributed by atoms with Gasteiger partial charge >= 0.3 is 0 Å². The molecule has 0 spiro atoms. The van der Waals surface area contributed by atoms with Crippen LogP contribution in [0.25, 0.3) is 0 Å². The molecule has 0 saturated heterocycles. The number of methoxy groups -OCH3 is 3. The van der Waals surface area contributed by atoms with Gasteiger partial charge in [-0.25, -0.2) is 0 Å². The third-order valence-electron chi connectivity index (χ3n) is 3.25. The van der Waals surface area contributed by atoms with E-state index in [1.54, 1.807) is 21.3 Å². The normalized spacial score (nSPS) is 9.17. The van der Waals surface area contributed by atoms with Crippen LogP contribution in [0.3, 0.4) is 0 Å². The highest BCUT2D eigenvalue weighted by Gasteiger charge is 2.08. The average Bonchev–Trinajstić information content (AvgIpc) is 2.64. The lowest BCUT2D eigenvalue weighted by Gasteiger charge is -2.09. The number of hydrogen-bond donors (Lipinski definition) is 0. The number of halogens is 1. The largest absolute Gasteiger partial charge is 0.497 e. The smallest absolute Gasteiger partial charge is 0.162 e. The third kappa shape index (κ3) is 4.47. The molecule has 2 aromatic carbocycles. The Morgan fingerprint density at radius 3 is 1.88 bits per heavy atom. The van der Waals surface area contributed by atoms with E-state index in [-0.39, 0.29) is 0 Å². The van der Waals surface area contributed by atoms with Crippen molar-refractivity contribution < 1.29 is 14.2 Å². The molecule has 2 rings (SSSR count). The topological polar surface area (TPSA) is 27.7 Å². The average molecular weight is 385 g/mol. The summed E-state index contributed by atoms with van der Waals surface area (Å²) in [6.07, 6.45) is 0. The van der Waals surface area contributed by atoms with Crippen molar-refractivity contribution in [2.75, 3.05) is 26.7 Å². The Labute approximate surface area is 151 Å². The quantitative estimate of drug-likeness (QED) is 0.593. The van der Waals surface area contributed by atoms with E-state index in [9.17, 15) is 0 Å². The molecule has 0 bridgehead atoms. The van der Waals surface area contributed by atoms with Crippen LogP contribution in [0.2, 0.25) is 0 Å². The van der Waals surface area contributed by atoms with E-state index in [0.717, 1.165) is 22.4 Å². The first-order valence-corrected chi connectivity index (χ1v) is 8.31. The second kappa shape index (κ2) is 8.91. The summed E-state index contributed by atoms with van der Waals surface area (Å²) in [5, 5.41) is 0.590. The van der Waals surface area contributed by atoms with Gasteiger partial charge in [0.15, 0.2) is 11.5 Å². The fourth-order valence-corrected chi connectivity index (χ4v) is 2.17. The van der Waals surface area contributed by atoms with E-state index in [4.69, 9.17) is 14.2 Å². The minimum absolute atomic E-state index is 0.590. The zero-order valence-corrected chi connectivity index (χ0v) is 15.4. The van der Waals surface area contributed by atoms with Crippen molar-refractivity contribution in [3.8, 4) is 40.9 Å². The number of benzene rings is 2. The Bertz CT molecular complexity index is 818. The molecule has 3 nitrogen and oxygen atoms in total. The molecule has 24 heavy (non-hydrogen) atoms. The molecule has 4 heteroatoms. The van der Waals surface area contributed by atoms with Crippen molar-refractivity contribution in [2.45, 2.75) is 0 Å². The zero-order valence-electron chi connectivity index (χ0n) is 13.8. The molecule has 0 aliphatic carbocycles. The molecule has 0 aliphatic rings. The lowest BCUT2D eigenvalue weighted by molar-refractivity contribution is 0.355. The molecular weight excluding hydrogens is 368 g/mol. The monoisotopic (exact) mass is 384 g/mol. The maximum atomic E-state index is 5.35. The van der Waals surface area contributed by atoms with Gasteiger partial charge in [-0.2, -0.15) is 0 Å². The molecule has 0 atom stereocenters. The number of hydrogen-bond acceptors (Lipinski definition) is 3. The van der Waals surface area contributed by atoms with E-state index in [2.05, 4.69) is 39.6 Å². The Morgan fingerprint density at radius 2 is 1.38 bits per heavy atom. The summed E-state index contributed by atoms with van der Waals surface area (Å²) in [5.74, 6) is 14.4. The van der Waals surface area contributed by atoms with Gasteiger partial charge in [-0.15, -0.1) is 0 Å². The highest BCUT2D eigenvalue weighted by atomic mass is 79.9. The van der Waals surface area contributed by atoms with E-state index in [1.807, 2.05) is 36.4 Å². The molecule has 0 N–H and O–H groups in total. The van der Waals surface area contributed by atoms with Crippen molar-refractivity contribution in [3.05, 3.63) is 53.1 Å². The van der Waals surface area contributed by atoms with Crippen LogP contribution in [0.1, 0.15) is 16.7 Å². The molecule has 122 valence electrons. The lowest BCUT2D eigenvalue weighted by Crippen LogP contribution is -1.94. The molecule has 0 heterocycles. The van der Waals surface area contributed by atoms with Crippen LogP contribution in [0.15, 0.2) is 36.4 Å². The van der Waals surface area contributed by atoms with Crippen LogP contribution in [-0.2, 0) is 0 Å². The second-order valence-corrected chi connectivity index (χ2v) is 5.23. The summed E-state index contributed by atoms with van der Waals surface area (Å²) in [6.45, 7) is 0. The van der Waals surface area contributed by atoms with Gasteiger partial charge in [-0.05, 0) is 24.3 Å². The first kappa shape index (κ1) is 17.8. The maximum Gasteiger partial charge on any atom is 0.162 e. The van der Waals surface area contributed by atoms with Gasteiger partial charge in [-0.3, -0.25) is 0 Å². The van der Waals surface area contributed by atoms with Crippen LogP contribution in [0, 0.1) is 23.7 Å². The standard InChI is InChI=1S/C20H17BrO3/c1-22-18-10-7-15(8-11-18)6-9-17-14-20(24-3)19(23-2)13-16(17)5-4-12-21/h7-8,10-11,13-14H,12H2,1-3H3. The van der Waals surface area contributed by atoms with Crippen molar-refractivity contribution in [3.63, 3.8) is 0 Å². The van der Waals surface area contributed by atoms with E-state index in [0.29, 0.717) is 16.8 Å². The Kier molecular flexibility index (Phi) is 6.61. The van der Waals surface area contributed by atoms with Gasteiger partial charge in [0.05, 0.1) is 26.7 Å². The summed E-state index contributed by atoms with van der Waals surface area (Å²) in [5.41, 5.74) is 2.48. The summed E-state index contributed by atoms with van der Waals surface area (Å²) >= 11 is 3.31. The van der Waals surface area contributed by atoms with Gasteiger partial charge in [-0.1, -0.05) is 39.6 Å². The number of rotatable bonds is 3. The molecule has 0 aromatic heterocycles. The zero-order chi connectivity index (χ0) is 17.4. The van der Waals surface area contributed by atoms with Gasteiger partial charge in [0.25, 0.3) is 0 Å². The number of alkyl halides is 1. The molecule has 0 saturated carbocycles. The third-order valence-corrected chi connectivity index (χ3v) is 3.53. The molecule has 0 amide bonds. The van der Waals surface area contributed by atoms with Crippen LogP contribution in [0.4, 0.5) is 0 Å². The first-order chi connectivity index (χ1) is 11.7. The number of ether oxygens (including phenoxy) is 3. The minimum Gasteiger partial charge on any atom is -0.497 e. The van der Waals surface area contributed by atoms with Crippen molar-refractivity contribution >= 4 is 15.9 Å². The van der Waals surface area contributed by atoms with E-state index < -0.39 is 0 Å². The van der Waals surface area contributed by atoms with Crippen molar-refractivity contribution in [1.29, 1.82) is 0 Å². The molecular formula is C20H17BrO3. The highest BCUT2D eigenvalue weighted by molar-refractivity contribution is 9.09. The van der Waals surface area contributed by atoms with Crippen LogP contribution < -0.4 is 14.2 Å². The second-order valence-electron chi connectivity index (χ2n) is 4.67. The molecule has 0 unspecified atom stereocenters. The van der Waals surface area contributed by atoms with Gasteiger partial charge < -0.3 is 14.2 Å². The molecule has 2 aromatic rings. The molecule has 0 radical (unpaired) electrons. The van der Waals surface area contributed by atoms with Crippen LogP contribution in [0.5, 0.6) is 17.2 Å². The summed E-state index contributed by atoms with van der Waals surface area (Å²) in [4.78, 5) is 0. The predicted molar refractivity (Wildman–Crippen MR) is 99.2 cm³/mol. The first-order valence-electron chi connectivity index (χ1n) is 7.18. The van der Waals surface area contributed by atoms with Crippen molar-refractivity contribution in [2.24, 2.45) is 0 Å². The fourth-order valence-electron chi connectivity index (χ4n) is 2.03. The predicted octanol–water partition coefficient (Wildman–Crippen LogP) is 3.86. The van der Waals surface area contributed by atoms with Crippen LogP contribution >= 0.6 is 15.9 Å². The Hall–Kier alpha value is -2.56. The van der Waals surface area contributed by atoms with Gasteiger partial charge in [0, 0.05) is 28.8 Å². The van der Waals surface area contributed by atoms with Gasteiger partial charge in [0.1, 0.15) is 5.75 Å². The lowest BCUT2D eigenvalue weighted by atomic mass is 10.1. The Morgan fingerprint density at radius 1 is 0.792 bits per heavy atom. The van der Waals surface area contributed by atoms with Gasteiger partial charge in [0.2, 0.25) is 0 Å². The summed E-state index contributed by atoms with van der Waals surface area (Å²) in [6, 6.07) is 11.3. The van der Waals surface area contributed by atoms with E-state index >= 15 is 0 Å². The minimum atomic E-state index is 0.590. The summed E-state index contributed by atoms with van der Waals surface area (Å²) in [7, 11) is 4.84. The molecule has 0 fully saturated rings. The fraction of sp³-hybridized carbons (Fsp3) is 0.200. The summed E-state index contributed by atoms with van der Waals surface area (Å²) < 4.78 is 15.8.